The topological polar surface area (TPSA) is 0 Å². The van der Waals surface area contributed by atoms with Crippen LogP contribution in [0.15, 0.2) is 24.3 Å². The maximum absolute atomic E-state index is 11.9. The van der Waals surface area contributed by atoms with E-state index in [1.54, 1.807) is 12.1 Å². The molecule has 0 saturated heterocycles. The standard InChI is InChI=1S/C9H8ClF3/c10-6-8-3-1-2-7(4-8)5-9(11,12)13/h1-4H,5-6H2. The van der Waals surface area contributed by atoms with Gasteiger partial charge in [0.05, 0.1) is 6.42 Å². The largest absolute Gasteiger partial charge is 0.393 e. The molecule has 0 aliphatic carbocycles. The molecule has 0 N–H and O–H groups in total. The second-order valence-electron chi connectivity index (χ2n) is 2.75. The number of alkyl halides is 4. The Bertz CT molecular complexity index is 280. The Hall–Kier alpha value is -0.700. The molecule has 0 heterocycles. The number of halogens is 4. The second-order valence-corrected chi connectivity index (χ2v) is 3.01. The summed E-state index contributed by atoms with van der Waals surface area (Å²) < 4.78 is 35.8. The Kier molecular flexibility index (Phi) is 3.20. The lowest BCUT2D eigenvalue weighted by Crippen LogP contribution is -2.11. The molecule has 0 nitrogen and oxygen atoms in total. The van der Waals surface area contributed by atoms with Crippen molar-refractivity contribution < 1.29 is 13.2 Å². The lowest BCUT2D eigenvalue weighted by molar-refractivity contribution is -0.127. The third-order valence-electron chi connectivity index (χ3n) is 1.55. The minimum atomic E-state index is -4.15. The van der Waals surface area contributed by atoms with Gasteiger partial charge in [-0.1, -0.05) is 24.3 Å². The first-order chi connectivity index (χ1) is 6.01. The summed E-state index contributed by atoms with van der Waals surface area (Å²) in [7, 11) is 0. The molecular weight excluding hydrogens is 201 g/mol. The van der Waals surface area contributed by atoms with E-state index in [0.29, 0.717) is 5.56 Å². The Morgan fingerprint density at radius 2 is 1.77 bits per heavy atom. The van der Waals surface area contributed by atoms with Gasteiger partial charge in [-0.05, 0) is 11.1 Å². The van der Waals surface area contributed by atoms with Crippen LogP contribution in [0, 0.1) is 0 Å². The Morgan fingerprint density at radius 3 is 2.31 bits per heavy atom. The molecule has 13 heavy (non-hydrogen) atoms. The second kappa shape index (κ2) is 4.01. The van der Waals surface area contributed by atoms with Crippen LogP contribution in [-0.2, 0) is 12.3 Å². The van der Waals surface area contributed by atoms with Crippen molar-refractivity contribution in [3.8, 4) is 0 Å². The molecule has 0 aliphatic rings. The third kappa shape index (κ3) is 3.68. The zero-order chi connectivity index (χ0) is 9.90. The number of hydrogen-bond acceptors (Lipinski definition) is 0. The van der Waals surface area contributed by atoms with Gasteiger partial charge in [-0.2, -0.15) is 13.2 Å². The lowest BCUT2D eigenvalue weighted by atomic mass is 10.1. The van der Waals surface area contributed by atoms with Crippen LogP contribution in [0.2, 0.25) is 0 Å². The molecule has 0 spiro atoms. The highest BCUT2D eigenvalue weighted by molar-refractivity contribution is 6.17. The highest BCUT2D eigenvalue weighted by atomic mass is 35.5. The molecule has 1 aromatic rings. The number of rotatable bonds is 2. The Morgan fingerprint density at radius 1 is 1.15 bits per heavy atom. The number of benzene rings is 1. The first kappa shape index (κ1) is 10.4. The van der Waals surface area contributed by atoms with E-state index in [4.69, 9.17) is 11.6 Å². The quantitative estimate of drug-likeness (QED) is 0.653. The summed E-state index contributed by atoms with van der Waals surface area (Å²) in [6.45, 7) is 0. The summed E-state index contributed by atoms with van der Waals surface area (Å²) in [5, 5.41) is 0. The van der Waals surface area contributed by atoms with Crippen LogP contribution >= 0.6 is 11.6 Å². The molecule has 0 radical (unpaired) electrons. The first-order valence-corrected chi connectivity index (χ1v) is 4.25. The fourth-order valence-electron chi connectivity index (χ4n) is 1.05. The molecule has 0 atom stereocenters. The van der Waals surface area contributed by atoms with Crippen LogP contribution in [0.25, 0.3) is 0 Å². The average Bonchev–Trinajstić information content (AvgIpc) is 2.01. The van der Waals surface area contributed by atoms with E-state index >= 15 is 0 Å². The monoisotopic (exact) mass is 208 g/mol. The first-order valence-electron chi connectivity index (χ1n) is 3.72. The molecular formula is C9H8ClF3. The van der Waals surface area contributed by atoms with Crippen LogP contribution in [0.4, 0.5) is 13.2 Å². The smallest absolute Gasteiger partial charge is 0.171 e. The van der Waals surface area contributed by atoms with Crippen molar-refractivity contribution in [2.75, 3.05) is 0 Å². The van der Waals surface area contributed by atoms with Crippen molar-refractivity contribution in [2.24, 2.45) is 0 Å². The van der Waals surface area contributed by atoms with E-state index in [-0.39, 0.29) is 11.4 Å². The van der Waals surface area contributed by atoms with E-state index in [9.17, 15) is 13.2 Å². The predicted molar refractivity (Wildman–Crippen MR) is 45.8 cm³/mol. The Labute approximate surface area is 79.3 Å². The van der Waals surface area contributed by atoms with Crippen LogP contribution in [-0.4, -0.2) is 6.18 Å². The minimum Gasteiger partial charge on any atom is -0.171 e. The van der Waals surface area contributed by atoms with Gasteiger partial charge in [-0.3, -0.25) is 0 Å². The van der Waals surface area contributed by atoms with Gasteiger partial charge in [0.15, 0.2) is 0 Å². The minimum absolute atomic E-state index is 0.242. The van der Waals surface area contributed by atoms with Crippen LogP contribution in [0.5, 0.6) is 0 Å². The summed E-state index contributed by atoms with van der Waals surface area (Å²) in [5.41, 5.74) is 0.967. The molecule has 0 saturated carbocycles. The average molecular weight is 209 g/mol. The van der Waals surface area contributed by atoms with E-state index < -0.39 is 12.6 Å². The van der Waals surface area contributed by atoms with Gasteiger partial charge in [-0.25, -0.2) is 0 Å². The predicted octanol–water partition coefficient (Wildman–Crippen LogP) is 3.53. The molecule has 1 rings (SSSR count). The lowest BCUT2D eigenvalue weighted by Gasteiger charge is -2.06. The van der Waals surface area contributed by atoms with Crippen molar-refractivity contribution in [1.29, 1.82) is 0 Å². The maximum Gasteiger partial charge on any atom is 0.393 e. The van der Waals surface area contributed by atoms with Crippen molar-refractivity contribution in [1.82, 2.24) is 0 Å². The molecule has 4 heteroatoms. The maximum atomic E-state index is 11.9. The fraction of sp³-hybridized carbons (Fsp3) is 0.333. The van der Waals surface area contributed by atoms with Gasteiger partial charge >= 0.3 is 6.18 Å². The van der Waals surface area contributed by atoms with Crippen LogP contribution in [0.1, 0.15) is 11.1 Å². The van der Waals surface area contributed by atoms with Crippen LogP contribution < -0.4 is 0 Å². The van der Waals surface area contributed by atoms with Gasteiger partial charge < -0.3 is 0 Å². The summed E-state index contributed by atoms with van der Waals surface area (Å²) >= 11 is 5.49. The summed E-state index contributed by atoms with van der Waals surface area (Å²) in [4.78, 5) is 0. The van der Waals surface area contributed by atoms with Gasteiger partial charge in [0.25, 0.3) is 0 Å². The summed E-state index contributed by atoms with van der Waals surface area (Å²) in [6.07, 6.45) is -5.04. The molecule has 0 aliphatic heterocycles. The summed E-state index contributed by atoms with van der Waals surface area (Å²) in [5.74, 6) is 0.242. The fourth-order valence-corrected chi connectivity index (χ4v) is 1.22. The Balaban J connectivity index is 2.78. The van der Waals surface area contributed by atoms with Crippen molar-refractivity contribution >= 4 is 11.6 Å². The van der Waals surface area contributed by atoms with Gasteiger partial charge in [0.2, 0.25) is 0 Å². The van der Waals surface area contributed by atoms with Gasteiger partial charge in [-0.15, -0.1) is 11.6 Å². The highest BCUT2D eigenvalue weighted by Crippen LogP contribution is 2.21. The normalized spacial score (nSPS) is 11.7. The zero-order valence-corrected chi connectivity index (χ0v) is 7.49. The molecule has 0 fully saturated rings. The van der Waals surface area contributed by atoms with Crippen molar-refractivity contribution in [3.05, 3.63) is 35.4 Å². The number of hydrogen-bond donors (Lipinski definition) is 0. The van der Waals surface area contributed by atoms with Crippen LogP contribution in [0.3, 0.4) is 0 Å². The molecule has 0 bridgehead atoms. The summed E-state index contributed by atoms with van der Waals surface area (Å²) in [6, 6.07) is 6.20. The zero-order valence-electron chi connectivity index (χ0n) is 6.74. The van der Waals surface area contributed by atoms with Gasteiger partial charge in [0, 0.05) is 5.88 Å². The molecule has 72 valence electrons. The van der Waals surface area contributed by atoms with E-state index in [1.165, 1.54) is 12.1 Å². The van der Waals surface area contributed by atoms with Gasteiger partial charge in [0.1, 0.15) is 0 Å². The highest BCUT2D eigenvalue weighted by Gasteiger charge is 2.27. The van der Waals surface area contributed by atoms with E-state index in [1.807, 2.05) is 0 Å². The molecule has 0 unspecified atom stereocenters. The van der Waals surface area contributed by atoms with E-state index in [2.05, 4.69) is 0 Å². The molecule has 0 amide bonds. The molecule has 0 aromatic heterocycles. The molecule has 1 aromatic carbocycles. The van der Waals surface area contributed by atoms with E-state index in [0.717, 1.165) is 0 Å². The van der Waals surface area contributed by atoms with Crippen molar-refractivity contribution in [2.45, 2.75) is 18.5 Å². The van der Waals surface area contributed by atoms with Crippen molar-refractivity contribution in [3.63, 3.8) is 0 Å². The SMILES string of the molecule is FC(F)(F)Cc1cccc(CCl)c1. The third-order valence-corrected chi connectivity index (χ3v) is 1.86.